The van der Waals surface area contributed by atoms with Crippen LogP contribution in [0.15, 0.2) is 6.07 Å². The molecule has 0 bridgehead atoms. The Morgan fingerprint density at radius 1 is 1.14 bits per heavy atom. The van der Waals surface area contributed by atoms with Crippen LogP contribution in [0.2, 0.25) is 0 Å². The molecule has 1 saturated carbocycles. The number of piperidine rings is 1. The second-order valence-electron chi connectivity index (χ2n) is 10.8. The summed E-state index contributed by atoms with van der Waals surface area (Å²) in [5.74, 6) is 0.627. The predicted molar refractivity (Wildman–Crippen MR) is 112 cm³/mol. The van der Waals surface area contributed by atoms with Crippen molar-refractivity contribution >= 4 is 0 Å². The lowest BCUT2D eigenvalue weighted by molar-refractivity contribution is -0.0972. The van der Waals surface area contributed by atoms with E-state index in [0.29, 0.717) is 17.9 Å². The molecule has 3 aliphatic rings. The van der Waals surface area contributed by atoms with Crippen molar-refractivity contribution in [1.29, 1.82) is 0 Å². The van der Waals surface area contributed by atoms with Gasteiger partial charge >= 0.3 is 0 Å². The zero-order chi connectivity index (χ0) is 21.0. The van der Waals surface area contributed by atoms with Gasteiger partial charge in [0, 0.05) is 19.1 Å². The van der Waals surface area contributed by atoms with Crippen LogP contribution in [0.4, 0.5) is 4.39 Å². The number of hydrogen-bond acceptors (Lipinski definition) is 4. The van der Waals surface area contributed by atoms with Gasteiger partial charge in [0.15, 0.2) is 17.3 Å². The Morgan fingerprint density at radius 2 is 1.86 bits per heavy atom. The van der Waals surface area contributed by atoms with E-state index >= 15 is 4.39 Å². The minimum atomic E-state index is -0.211. The van der Waals surface area contributed by atoms with Gasteiger partial charge < -0.3 is 14.2 Å². The van der Waals surface area contributed by atoms with Gasteiger partial charge in [-0.3, -0.25) is 4.90 Å². The van der Waals surface area contributed by atoms with Crippen LogP contribution < -0.4 is 9.47 Å². The van der Waals surface area contributed by atoms with E-state index in [1.165, 1.54) is 0 Å². The lowest BCUT2D eigenvalue weighted by Gasteiger charge is -2.45. The molecule has 0 aromatic heterocycles. The SMILES string of the molecule is COc1cc2c(c(F)c1OC1CC(C)(C)C1)CCN1CC(OC(C)(C)C)CCC21. The minimum Gasteiger partial charge on any atom is -0.493 e. The fraction of sp³-hybridized carbons (Fsp3) is 0.750. The zero-order valence-corrected chi connectivity index (χ0v) is 18.8. The molecule has 2 atom stereocenters. The van der Waals surface area contributed by atoms with E-state index < -0.39 is 0 Å². The summed E-state index contributed by atoms with van der Waals surface area (Å²) in [5, 5.41) is 0. The van der Waals surface area contributed by atoms with Crippen LogP contribution in [-0.4, -0.2) is 42.9 Å². The van der Waals surface area contributed by atoms with Gasteiger partial charge in [0.1, 0.15) is 6.10 Å². The minimum absolute atomic E-state index is 0.0801. The highest BCUT2D eigenvalue weighted by Gasteiger charge is 2.41. The summed E-state index contributed by atoms with van der Waals surface area (Å²) in [6, 6.07) is 2.26. The highest BCUT2D eigenvalue weighted by Crippen LogP contribution is 2.47. The van der Waals surface area contributed by atoms with Gasteiger partial charge in [-0.05, 0) is 75.5 Å². The molecular weight excluding hydrogens is 369 g/mol. The molecule has 5 heteroatoms. The average Bonchev–Trinajstić information content (AvgIpc) is 2.60. The fourth-order valence-electron chi connectivity index (χ4n) is 5.36. The maximum absolute atomic E-state index is 15.5. The van der Waals surface area contributed by atoms with Gasteiger partial charge in [0.05, 0.1) is 18.8 Å². The Kier molecular flexibility index (Phi) is 5.35. The third kappa shape index (κ3) is 4.27. The predicted octanol–water partition coefficient (Wildman–Crippen LogP) is 5.28. The van der Waals surface area contributed by atoms with E-state index in [1.54, 1.807) is 7.11 Å². The number of rotatable bonds is 4. The second-order valence-corrected chi connectivity index (χ2v) is 10.8. The molecule has 2 unspecified atom stereocenters. The van der Waals surface area contributed by atoms with Gasteiger partial charge in [-0.1, -0.05) is 13.8 Å². The number of fused-ring (bicyclic) bond motifs is 3. The van der Waals surface area contributed by atoms with Crippen LogP contribution >= 0.6 is 0 Å². The molecule has 2 aliphatic heterocycles. The molecule has 29 heavy (non-hydrogen) atoms. The summed E-state index contributed by atoms with van der Waals surface area (Å²) in [6.07, 6.45) is 4.91. The number of halogens is 1. The molecule has 1 aromatic rings. The molecule has 1 saturated heterocycles. The molecule has 0 radical (unpaired) electrons. The fourth-order valence-corrected chi connectivity index (χ4v) is 5.36. The van der Waals surface area contributed by atoms with Crippen molar-refractivity contribution in [3.8, 4) is 11.5 Å². The molecule has 4 rings (SSSR count). The van der Waals surface area contributed by atoms with Crippen LogP contribution in [0.25, 0.3) is 0 Å². The van der Waals surface area contributed by atoms with E-state index in [9.17, 15) is 0 Å². The number of nitrogens with zero attached hydrogens (tertiary/aromatic N) is 1. The maximum Gasteiger partial charge on any atom is 0.197 e. The Balaban J connectivity index is 1.55. The van der Waals surface area contributed by atoms with Crippen molar-refractivity contribution in [2.45, 2.75) is 90.6 Å². The summed E-state index contributed by atoms with van der Waals surface area (Å²) in [6.45, 7) is 12.5. The standard InChI is InChI=1S/C24H36FNO3/c1-23(2,3)29-15-7-8-19-18-11-20(27-6)22(28-16-12-24(4,5)13-16)21(25)17(18)9-10-26(19)14-15/h11,15-16,19H,7-10,12-14H2,1-6H3. The normalized spacial score (nSPS) is 27.0. The van der Waals surface area contributed by atoms with Gasteiger partial charge in [0.25, 0.3) is 0 Å². The first-order valence-electron chi connectivity index (χ1n) is 11.0. The molecule has 4 nitrogen and oxygen atoms in total. The zero-order valence-electron chi connectivity index (χ0n) is 18.8. The van der Waals surface area contributed by atoms with Crippen LogP contribution in [0.1, 0.15) is 77.5 Å². The maximum atomic E-state index is 15.5. The van der Waals surface area contributed by atoms with Crippen molar-refractivity contribution in [3.05, 3.63) is 23.0 Å². The Hall–Kier alpha value is -1.33. The molecule has 1 aliphatic carbocycles. The van der Waals surface area contributed by atoms with Crippen LogP contribution in [0, 0.1) is 11.2 Å². The molecule has 0 N–H and O–H groups in total. The smallest absolute Gasteiger partial charge is 0.197 e. The summed E-state index contributed by atoms with van der Waals surface area (Å²) in [5.41, 5.74) is 2.04. The Bertz CT molecular complexity index is 762. The highest BCUT2D eigenvalue weighted by atomic mass is 19.1. The molecule has 2 heterocycles. The van der Waals surface area contributed by atoms with Gasteiger partial charge in [-0.15, -0.1) is 0 Å². The molecule has 0 spiro atoms. The van der Waals surface area contributed by atoms with E-state index in [4.69, 9.17) is 14.2 Å². The van der Waals surface area contributed by atoms with Crippen molar-refractivity contribution in [1.82, 2.24) is 4.90 Å². The molecule has 1 aromatic carbocycles. The van der Waals surface area contributed by atoms with Crippen LogP contribution in [-0.2, 0) is 11.2 Å². The third-order valence-electron chi connectivity index (χ3n) is 6.56. The summed E-state index contributed by atoms with van der Waals surface area (Å²) in [7, 11) is 1.60. The van der Waals surface area contributed by atoms with Gasteiger partial charge in [-0.2, -0.15) is 0 Å². The van der Waals surface area contributed by atoms with Gasteiger partial charge in [-0.25, -0.2) is 4.39 Å². The molecule has 162 valence electrons. The van der Waals surface area contributed by atoms with Crippen molar-refractivity contribution in [3.63, 3.8) is 0 Å². The van der Waals surface area contributed by atoms with Crippen LogP contribution in [0.3, 0.4) is 0 Å². The van der Waals surface area contributed by atoms with E-state index in [-0.39, 0.29) is 35.1 Å². The quantitative estimate of drug-likeness (QED) is 0.682. The number of benzene rings is 1. The monoisotopic (exact) mass is 405 g/mol. The number of hydrogen-bond donors (Lipinski definition) is 0. The number of methoxy groups -OCH3 is 1. The van der Waals surface area contributed by atoms with Crippen molar-refractivity contribution < 1.29 is 18.6 Å². The molecule has 2 fully saturated rings. The van der Waals surface area contributed by atoms with Crippen LogP contribution in [0.5, 0.6) is 11.5 Å². The number of ether oxygens (including phenoxy) is 3. The lowest BCUT2D eigenvalue weighted by Crippen LogP contribution is -2.47. The largest absolute Gasteiger partial charge is 0.493 e. The lowest BCUT2D eigenvalue weighted by atomic mass is 9.70. The Morgan fingerprint density at radius 3 is 2.48 bits per heavy atom. The summed E-state index contributed by atoms with van der Waals surface area (Å²) < 4.78 is 33.4. The van der Waals surface area contributed by atoms with Crippen molar-refractivity contribution in [2.75, 3.05) is 20.2 Å². The third-order valence-corrected chi connectivity index (χ3v) is 6.56. The first-order valence-corrected chi connectivity index (χ1v) is 11.0. The molecule has 0 amide bonds. The average molecular weight is 406 g/mol. The van der Waals surface area contributed by atoms with Crippen molar-refractivity contribution in [2.24, 2.45) is 5.41 Å². The molecular formula is C24H36FNO3. The first kappa shape index (κ1) is 20.9. The van der Waals surface area contributed by atoms with E-state index in [0.717, 1.165) is 49.9 Å². The van der Waals surface area contributed by atoms with E-state index in [1.807, 2.05) is 6.07 Å². The first-order chi connectivity index (χ1) is 13.6. The summed E-state index contributed by atoms with van der Waals surface area (Å²) >= 11 is 0. The summed E-state index contributed by atoms with van der Waals surface area (Å²) in [4.78, 5) is 2.45. The second kappa shape index (κ2) is 7.42. The highest BCUT2D eigenvalue weighted by molar-refractivity contribution is 5.51. The van der Waals surface area contributed by atoms with E-state index in [2.05, 4.69) is 39.5 Å². The Labute approximate surface area is 174 Å². The topological polar surface area (TPSA) is 30.9 Å². The van der Waals surface area contributed by atoms with Gasteiger partial charge in [0.2, 0.25) is 0 Å².